The molecule has 3 aromatic rings. The van der Waals surface area contributed by atoms with Gasteiger partial charge in [-0.2, -0.15) is 0 Å². The van der Waals surface area contributed by atoms with Crippen molar-refractivity contribution in [3.05, 3.63) is 77.9 Å². The third-order valence-corrected chi connectivity index (χ3v) is 5.74. The van der Waals surface area contributed by atoms with Crippen LogP contribution in [-0.4, -0.2) is 37.0 Å². The van der Waals surface area contributed by atoms with Crippen molar-refractivity contribution in [3.8, 4) is 5.75 Å². The van der Waals surface area contributed by atoms with E-state index in [1.54, 1.807) is 0 Å². The van der Waals surface area contributed by atoms with Gasteiger partial charge in [0.25, 0.3) is 5.91 Å². The van der Waals surface area contributed by atoms with Crippen molar-refractivity contribution in [2.24, 2.45) is 5.92 Å². The minimum Gasteiger partial charge on any atom is -0.492 e. The molecule has 0 unspecified atom stereocenters. The monoisotopic (exact) mass is 402 g/mol. The number of carbonyl (C=O) groups excluding carboxylic acids is 1. The smallest absolute Gasteiger partial charge is 0.251 e. The van der Waals surface area contributed by atoms with Crippen molar-refractivity contribution >= 4 is 16.7 Å². The van der Waals surface area contributed by atoms with Gasteiger partial charge in [0.05, 0.1) is 6.54 Å². The number of hydrogen-bond acceptors (Lipinski definition) is 3. The maximum Gasteiger partial charge on any atom is 0.251 e. The number of fused-ring (bicyclic) bond motifs is 1. The van der Waals surface area contributed by atoms with Gasteiger partial charge in [0.1, 0.15) is 12.4 Å². The molecule has 3 aromatic carbocycles. The van der Waals surface area contributed by atoms with E-state index in [0.717, 1.165) is 23.6 Å². The van der Waals surface area contributed by atoms with Crippen LogP contribution < -0.4 is 10.1 Å². The van der Waals surface area contributed by atoms with Gasteiger partial charge in [0.15, 0.2) is 0 Å². The van der Waals surface area contributed by atoms with Crippen molar-refractivity contribution in [1.29, 1.82) is 0 Å². The molecular formula is C26H30N2O2. The number of hydrogen-bond donors (Lipinski definition) is 1. The first-order valence-corrected chi connectivity index (χ1v) is 10.9. The molecule has 1 saturated heterocycles. The van der Waals surface area contributed by atoms with Gasteiger partial charge in [-0.1, -0.05) is 49.4 Å². The van der Waals surface area contributed by atoms with E-state index in [1.807, 2.05) is 36.4 Å². The summed E-state index contributed by atoms with van der Waals surface area (Å²) in [6.45, 7) is 6.53. The van der Waals surface area contributed by atoms with Crippen molar-refractivity contribution < 1.29 is 9.53 Å². The Morgan fingerprint density at radius 3 is 2.67 bits per heavy atom. The van der Waals surface area contributed by atoms with E-state index in [-0.39, 0.29) is 5.91 Å². The highest BCUT2D eigenvalue weighted by Crippen LogP contribution is 2.20. The zero-order valence-corrected chi connectivity index (χ0v) is 17.6. The summed E-state index contributed by atoms with van der Waals surface area (Å²) < 4.78 is 5.79. The molecule has 1 amide bonds. The van der Waals surface area contributed by atoms with E-state index in [0.29, 0.717) is 18.7 Å². The molecule has 0 aromatic heterocycles. The van der Waals surface area contributed by atoms with Crippen molar-refractivity contribution in [3.63, 3.8) is 0 Å². The standard InChI is InChI=1S/C26H30N2O2/c1-20-5-4-15-28(18-20)19-21-8-10-23(11-9-21)26(29)27-14-16-30-25-13-12-22-6-2-3-7-24(22)17-25/h2-3,6-13,17,20H,4-5,14-16,18-19H2,1H3,(H,27,29)/t20-/m0/s1. The number of likely N-dealkylation sites (tertiary alicyclic amines) is 1. The van der Waals surface area contributed by atoms with Crippen LogP contribution >= 0.6 is 0 Å². The predicted octanol–water partition coefficient (Wildman–Crippen LogP) is 4.88. The molecule has 4 rings (SSSR count). The lowest BCUT2D eigenvalue weighted by molar-refractivity contribution is 0.0947. The van der Waals surface area contributed by atoms with E-state index >= 15 is 0 Å². The first-order chi connectivity index (χ1) is 14.7. The van der Waals surface area contributed by atoms with E-state index < -0.39 is 0 Å². The van der Waals surface area contributed by atoms with Gasteiger partial charge in [-0.3, -0.25) is 9.69 Å². The van der Waals surface area contributed by atoms with Gasteiger partial charge in [0.2, 0.25) is 0 Å². The van der Waals surface area contributed by atoms with Crippen LogP contribution in [0.25, 0.3) is 10.8 Å². The van der Waals surface area contributed by atoms with Gasteiger partial charge in [0, 0.05) is 18.7 Å². The Bertz CT molecular complexity index is 984. The normalized spacial score (nSPS) is 17.0. The van der Waals surface area contributed by atoms with Crippen LogP contribution in [0.3, 0.4) is 0 Å². The summed E-state index contributed by atoms with van der Waals surface area (Å²) in [5.41, 5.74) is 1.96. The number of ether oxygens (including phenoxy) is 1. The van der Waals surface area contributed by atoms with Gasteiger partial charge in [-0.15, -0.1) is 0 Å². The fraction of sp³-hybridized carbons (Fsp3) is 0.346. The van der Waals surface area contributed by atoms with Crippen LogP contribution in [0.5, 0.6) is 5.75 Å². The highest BCUT2D eigenvalue weighted by atomic mass is 16.5. The minimum atomic E-state index is -0.0599. The Balaban J connectivity index is 1.22. The number of nitrogens with zero attached hydrogens (tertiary/aromatic N) is 1. The largest absolute Gasteiger partial charge is 0.492 e. The summed E-state index contributed by atoms with van der Waals surface area (Å²) in [5, 5.41) is 5.28. The molecule has 0 radical (unpaired) electrons. The molecule has 1 atom stereocenters. The highest BCUT2D eigenvalue weighted by Gasteiger charge is 2.16. The lowest BCUT2D eigenvalue weighted by atomic mass is 9.99. The molecule has 1 aliphatic heterocycles. The molecular weight excluding hydrogens is 372 g/mol. The fourth-order valence-electron chi connectivity index (χ4n) is 4.14. The number of carbonyl (C=O) groups is 1. The molecule has 1 heterocycles. The maximum absolute atomic E-state index is 12.4. The van der Waals surface area contributed by atoms with E-state index in [2.05, 4.69) is 47.5 Å². The highest BCUT2D eigenvalue weighted by molar-refractivity contribution is 5.94. The van der Waals surface area contributed by atoms with Gasteiger partial charge < -0.3 is 10.1 Å². The molecule has 4 nitrogen and oxygen atoms in total. The lowest BCUT2D eigenvalue weighted by Gasteiger charge is -2.30. The van der Waals surface area contributed by atoms with Crippen molar-refractivity contribution in [2.45, 2.75) is 26.3 Å². The fourth-order valence-corrected chi connectivity index (χ4v) is 4.14. The topological polar surface area (TPSA) is 41.6 Å². The van der Waals surface area contributed by atoms with Gasteiger partial charge in [-0.25, -0.2) is 0 Å². The molecule has 0 bridgehead atoms. The average Bonchev–Trinajstić information content (AvgIpc) is 2.77. The average molecular weight is 403 g/mol. The molecule has 1 aliphatic rings. The maximum atomic E-state index is 12.4. The summed E-state index contributed by atoms with van der Waals surface area (Å²) in [4.78, 5) is 14.9. The second-order valence-electron chi connectivity index (χ2n) is 8.29. The molecule has 0 saturated carbocycles. The minimum absolute atomic E-state index is 0.0599. The van der Waals surface area contributed by atoms with E-state index in [9.17, 15) is 4.79 Å². The Labute approximate surface area is 178 Å². The third-order valence-electron chi connectivity index (χ3n) is 5.74. The molecule has 1 fully saturated rings. The summed E-state index contributed by atoms with van der Waals surface area (Å²) >= 11 is 0. The predicted molar refractivity (Wildman–Crippen MR) is 122 cm³/mol. The number of benzene rings is 3. The van der Waals surface area contributed by atoms with E-state index in [4.69, 9.17) is 4.74 Å². The first-order valence-electron chi connectivity index (χ1n) is 10.9. The zero-order chi connectivity index (χ0) is 20.8. The summed E-state index contributed by atoms with van der Waals surface area (Å²) in [6, 6.07) is 22.2. The third kappa shape index (κ3) is 5.39. The second kappa shape index (κ2) is 9.77. The van der Waals surface area contributed by atoms with E-state index in [1.165, 1.54) is 36.9 Å². The quantitative estimate of drug-likeness (QED) is 0.573. The molecule has 30 heavy (non-hydrogen) atoms. The zero-order valence-electron chi connectivity index (χ0n) is 17.6. The van der Waals surface area contributed by atoms with Crippen LogP contribution in [-0.2, 0) is 6.54 Å². The molecule has 1 N–H and O–H groups in total. The van der Waals surface area contributed by atoms with Crippen molar-refractivity contribution in [2.75, 3.05) is 26.2 Å². The number of piperidine rings is 1. The Hall–Kier alpha value is -2.85. The molecule has 0 spiro atoms. The molecule has 4 heteroatoms. The molecule has 156 valence electrons. The summed E-state index contributed by atoms with van der Waals surface area (Å²) in [7, 11) is 0. The molecule has 0 aliphatic carbocycles. The van der Waals surface area contributed by atoms with Crippen LogP contribution in [0, 0.1) is 5.92 Å². The summed E-state index contributed by atoms with van der Waals surface area (Å²) in [5.74, 6) is 1.54. The lowest BCUT2D eigenvalue weighted by Crippen LogP contribution is -2.33. The van der Waals surface area contributed by atoms with Crippen molar-refractivity contribution in [1.82, 2.24) is 10.2 Å². The second-order valence-corrected chi connectivity index (χ2v) is 8.29. The van der Waals surface area contributed by atoms with Crippen LogP contribution in [0.15, 0.2) is 66.7 Å². The van der Waals surface area contributed by atoms with Gasteiger partial charge >= 0.3 is 0 Å². The SMILES string of the molecule is C[C@H]1CCCN(Cc2ccc(C(=O)NCCOc3ccc4ccccc4c3)cc2)C1. The van der Waals surface area contributed by atoms with Crippen LogP contribution in [0.1, 0.15) is 35.7 Å². The number of nitrogens with one attached hydrogen (secondary N) is 1. The van der Waals surface area contributed by atoms with Crippen LogP contribution in [0.4, 0.5) is 0 Å². The Morgan fingerprint density at radius 1 is 1.07 bits per heavy atom. The first kappa shape index (κ1) is 20.4. The number of rotatable bonds is 7. The van der Waals surface area contributed by atoms with Crippen LogP contribution in [0.2, 0.25) is 0 Å². The Morgan fingerprint density at radius 2 is 1.87 bits per heavy atom. The Kier molecular flexibility index (Phi) is 6.65. The number of amides is 1. The summed E-state index contributed by atoms with van der Waals surface area (Å²) in [6.07, 6.45) is 2.61. The van der Waals surface area contributed by atoms with Gasteiger partial charge in [-0.05, 0) is 65.9 Å².